The molecular formula is C30H4F20N4S2. The smallest absolute Gasteiger partial charge is 0.207 e. The van der Waals surface area contributed by atoms with Crippen LogP contribution in [0, 0.1) is 82.3 Å². The molecule has 0 amide bonds. The Morgan fingerprint density at radius 3 is 1.02 bits per heavy atom. The van der Waals surface area contributed by atoms with Gasteiger partial charge in [0.25, 0.3) is 0 Å². The molecule has 0 spiro atoms. The molecule has 296 valence electrons. The molecule has 0 unspecified atom stereocenters. The largest absolute Gasteiger partial charge is 0.525 e. The van der Waals surface area contributed by atoms with Crippen LogP contribution in [0.4, 0.5) is 82.8 Å². The number of nitrogens with zero attached hydrogens (tertiary/aromatic N) is 4. The number of benzene rings is 3. The predicted octanol–water partition coefficient (Wildman–Crippen LogP) is 12.1. The van der Waals surface area contributed by atoms with E-state index in [4.69, 9.17) is 13.1 Å². The molecule has 2 aliphatic carbocycles. The number of hydrogen-bond donors (Lipinski definition) is 0. The first-order valence-corrected chi connectivity index (χ1v) is 17.5. The first-order valence-electron chi connectivity index (χ1n) is 13.6. The van der Waals surface area contributed by atoms with Crippen molar-refractivity contribution in [2.45, 2.75) is 22.6 Å². The van der Waals surface area contributed by atoms with Crippen LogP contribution in [0.1, 0.15) is 11.1 Å². The molecule has 0 saturated carbocycles. The summed E-state index contributed by atoms with van der Waals surface area (Å²) in [6.07, 6.45) is -3.52. The highest BCUT2D eigenvalue weighted by Crippen LogP contribution is 3.03. The summed E-state index contributed by atoms with van der Waals surface area (Å²) in [7, 11) is -23.6. The fourth-order valence-corrected chi connectivity index (χ4v) is 7.80. The van der Waals surface area contributed by atoms with Crippen molar-refractivity contribution in [1.82, 2.24) is 0 Å². The molecule has 0 fully saturated rings. The van der Waals surface area contributed by atoms with Crippen molar-refractivity contribution in [2.24, 2.45) is 0 Å². The van der Waals surface area contributed by atoms with E-state index in [0.29, 0.717) is 0 Å². The maximum atomic E-state index is 16.4. The zero-order valence-electron chi connectivity index (χ0n) is 25.6. The Kier molecular flexibility index (Phi) is 8.05. The van der Waals surface area contributed by atoms with Gasteiger partial charge in [-0.1, -0.05) is 38.9 Å². The third-order valence-corrected chi connectivity index (χ3v) is 10.4. The van der Waals surface area contributed by atoms with Crippen molar-refractivity contribution in [1.29, 1.82) is 10.5 Å². The van der Waals surface area contributed by atoms with Gasteiger partial charge in [-0.3, -0.25) is 0 Å². The number of halogens is 20. The second-order valence-electron chi connectivity index (χ2n) is 11.4. The molecular weight excluding hydrogens is 860 g/mol. The van der Waals surface area contributed by atoms with Crippen LogP contribution in [-0.4, -0.2) is 0 Å². The Balaban J connectivity index is 2.24. The monoisotopic (exact) mass is 864 g/mol. The molecule has 3 aromatic rings. The fraction of sp³-hybridized carbons (Fsp3) is 0.0667. The van der Waals surface area contributed by atoms with Crippen LogP contribution in [0.3, 0.4) is 0 Å². The Hall–Kier alpha value is -5.86. The number of hydrogen-bond acceptors (Lipinski definition) is 2. The minimum atomic E-state index is -11.8. The van der Waals surface area contributed by atoms with E-state index in [2.05, 4.69) is 9.69 Å². The third kappa shape index (κ3) is 5.95. The Labute approximate surface area is 295 Å². The normalized spacial score (nSPS) is 16.4. The SMILES string of the molecule is [C-]#[N+]C([N+]#[C-])=C1Cc2c(-c3c(F)c(F)c(S(F)(F)(F)(F)F)c(F)c3F)c3c(c(-c4c(F)c(F)c(S(F)(F)(F)(F)F)c(F)c4F)c2=C1F)CC(=C(C#N)C#N)C=3F. The summed E-state index contributed by atoms with van der Waals surface area (Å²) in [6, 6.07) is 1.97. The van der Waals surface area contributed by atoms with Crippen molar-refractivity contribution in [3.63, 3.8) is 0 Å². The van der Waals surface area contributed by atoms with Gasteiger partial charge in [0.15, 0.2) is 56.3 Å². The minimum Gasteiger partial charge on any atom is -0.207 e. The van der Waals surface area contributed by atoms with Gasteiger partial charge in [-0.25, -0.2) is 43.9 Å². The minimum absolute atomic E-state index is 0.987. The molecule has 0 aromatic heterocycles. The van der Waals surface area contributed by atoms with Gasteiger partial charge in [0.1, 0.15) is 42.5 Å². The van der Waals surface area contributed by atoms with Gasteiger partial charge in [0.05, 0.1) is 16.7 Å². The Morgan fingerprint density at radius 1 is 0.464 bits per heavy atom. The van der Waals surface area contributed by atoms with E-state index in [1.165, 1.54) is 0 Å². The molecule has 0 N–H and O–H groups in total. The van der Waals surface area contributed by atoms with Gasteiger partial charge in [0, 0.05) is 40.0 Å². The molecule has 0 radical (unpaired) electrons. The van der Waals surface area contributed by atoms with Crippen molar-refractivity contribution in [2.75, 3.05) is 0 Å². The lowest BCUT2D eigenvalue weighted by atomic mass is 9.86. The molecule has 26 heteroatoms. The lowest BCUT2D eigenvalue weighted by Crippen LogP contribution is -2.27. The maximum Gasteiger partial charge on any atom is 0.525 e. The molecule has 3 aromatic carbocycles. The lowest BCUT2D eigenvalue weighted by Gasteiger charge is -2.41. The summed E-state index contributed by atoms with van der Waals surface area (Å²) in [5.74, 6) is -36.1. The van der Waals surface area contributed by atoms with E-state index in [-0.39, 0.29) is 0 Å². The standard InChI is InChI=1S/C30H4F20N4S2/c1-53-30(54-2)11-4-10-13(17-22(35)26(39)29(27(40)23(17)36)56(46,47,48,49)50)14-9(3-8(18(14)31)7(5-51)6-52)12(15(10)19(11)32)16-20(33)24(37)28(25(38)21(16)34)55(41,42,43,44)45/h3-4H2. The first-order chi connectivity index (χ1) is 25.1. The summed E-state index contributed by atoms with van der Waals surface area (Å²) in [5, 5.41) is 14.7. The molecule has 56 heavy (non-hydrogen) atoms. The highest BCUT2D eigenvalue weighted by molar-refractivity contribution is 8.46. The first kappa shape index (κ1) is 41.3. The summed E-state index contributed by atoms with van der Waals surface area (Å²) in [4.78, 5) is -3.91. The molecule has 0 saturated heterocycles. The summed E-state index contributed by atoms with van der Waals surface area (Å²) in [6.45, 7) is 14.2. The molecule has 4 nitrogen and oxygen atoms in total. The average molecular weight is 864 g/mol. The van der Waals surface area contributed by atoms with E-state index in [9.17, 15) is 66.9 Å². The van der Waals surface area contributed by atoms with Crippen molar-refractivity contribution < 1.29 is 82.8 Å². The number of nitriles is 2. The summed E-state index contributed by atoms with van der Waals surface area (Å²) in [5.41, 5.74) is -17.4. The second kappa shape index (κ2) is 10.9. The molecule has 0 aliphatic heterocycles. The zero-order valence-corrected chi connectivity index (χ0v) is 27.2. The van der Waals surface area contributed by atoms with E-state index >= 15 is 26.3 Å². The van der Waals surface area contributed by atoms with Gasteiger partial charge in [-0.05, 0) is 11.1 Å². The van der Waals surface area contributed by atoms with Gasteiger partial charge >= 0.3 is 26.3 Å². The predicted molar refractivity (Wildman–Crippen MR) is 154 cm³/mol. The van der Waals surface area contributed by atoms with Crippen LogP contribution in [0.25, 0.3) is 43.6 Å². The van der Waals surface area contributed by atoms with E-state index < -0.39 is 168 Å². The van der Waals surface area contributed by atoms with Crippen LogP contribution in [0.2, 0.25) is 0 Å². The molecule has 0 atom stereocenters. The molecule has 0 bridgehead atoms. The molecule has 2 aliphatic rings. The van der Waals surface area contributed by atoms with Gasteiger partial charge in [-0.15, -0.1) is 0 Å². The zero-order chi connectivity index (χ0) is 42.9. The Bertz CT molecular complexity index is 2560. The van der Waals surface area contributed by atoms with E-state index in [1.807, 2.05) is 0 Å². The van der Waals surface area contributed by atoms with Crippen LogP contribution in [0.15, 0.2) is 32.3 Å². The summed E-state index contributed by atoms with van der Waals surface area (Å²) < 4.78 is 291. The lowest BCUT2D eigenvalue weighted by molar-refractivity contribution is 0.327. The van der Waals surface area contributed by atoms with Crippen molar-refractivity contribution in [3.8, 4) is 34.4 Å². The third-order valence-electron chi connectivity index (χ3n) is 8.11. The van der Waals surface area contributed by atoms with Crippen LogP contribution in [0.5, 0.6) is 0 Å². The average Bonchev–Trinajstić information content (AvgIpc) is 3.55. The van der Waals surface area contributed by atoms with Crippen molar-refractivity contribution >= 4 is 32.1 Å². The van der Waals surface area contributed by atoms with Crippen LogP contribution >= 0.6 is 20.4 Å². The quantitative estimate of drug-likeness (QED) is 0.114. The molecule has 5 rings (SSSR count). The Morgan fingerprint density at radius 2 is 0.750 bits per heavy atom. The van der Waals surface area contributed by atoms with E-state index in [1.54, 1.807) is 0 Å². The highest BCUT2D eigenvalue weighted by atomic mass is 32.5. The maximum absolute atomic E-state index is 16.4. The van der Waals surface area contributed by atoms with Crippen LogP contribution < -0.4 is 10.4 Å². The topological polar surface area (TPSA) is 56.3 Å². The fourth-order valence-electron chi connectivity index (χ4n) is 6.09. The number of rotatable bonds is 4. The van der Waals surface area contributed by atoms with Gasteiger partial charge < -0.3 is 0 Å². The van der Waals surface area contributed by atoms with Crippen LogP contribution in [-0.2, 0) is 12.8 Å². The van der Waals surface area contributed by atoms with Crippen molar-refractivity contribution in [3.05, 3.63) is 113 Å². The second-order valence-corrected chi connectivity index (χ2v) is 16.1. The van der Waals surface area contributed by atoms with Gasteiger partial charge in [0.2, 0.25) is 0 Å². The number of fused-ring (bicyclic) bond motifs is 2. The highest BCUT2D eigenvalue weighted by Gasteiger charge is 2.71. The number of allylic oxidation sites excluding steroid dienone is 3. The summed E-state index contributed by atoms with van der Waals surface area (Å²) >= 11 is 0. The molecule has 0 heterocycles. The van der Waals surface area contributed by atoms with Gasteiger partial charge in [-0.2, -0.15) is 20.2 Å². The van der Waals surface area contributed by atoms with E-state index in [0.717, 1.165) is 12.1 Å².